The van der Waals surface area contributed by atoms with Gasteiger partial charge in [0.1, 0.15) is 5.75 Å². The largest absolute Gasteiger partial charge is 0.573 e. The second-order valence-corrected chi connectivity index (χ2v) is 3.42. The van der Waals surface area contributed by atoms with E-state index >= 15 is 0 Å². The molecule has 0 saturated carbocycles. The van der Waals surface area contributed by atoms with E-state index in [1.807, 2.05) is 5.48 Å². The van der Waals surface area contributed by atoms with Crippen molar-refractivity contribution in [2.75, 3.05) is 6.61 Å². The maximum atomic E-state index is 11.8. The minimum absolute atomic E-state index is 0.0810. The Bertz CT molecular complexity index is 386. The van der Waals surface area contributed by atoms with Gasteiger partial charge >= 0.3 is 12.5 Å². The van der Waals surface area contributed by atoms with Crippen LogP contribution in [0.2, 0.25) is 0 Å². The number of hydrogen-bond acceptors (Lipinski definition) is 3. The molecule has 0 radical (unpaired) electrons. The number of ether oxygens (including phenoxy) is 1. The minimum Gasteiger partial charge on any atom is -0.406 e. The third-order valence-electron chi connectivity index (χ3n) is 1.77. The van der Waals surface area contributed by atoms with Crippen molar-refractivity contribution in [1.29, 1.82) is 0 Å². The molecule has 1 N–H and O–H groups in total. The van der Waals surface area contributed by atoms with E-state index in [4.69, 9.17) is 0 Å². The number of alkyl halides is 6. The summed E-state index contributed by atoms with van der Waals surface area (Å²) in [6.07, 6.45) is -9.23. The summed E-state index contributed by atoms with van der Waals surface area (Å²) in [6, 6.07) is 4.64. The second-order valence-electron chi connectivity index (χ2n) is 3.42. The van der Waals surface area contributed by atoms with Crippen molar-refractivity contribution in [3.05, 3.63) is 29.8 Å². The molecule has 0 heterocycles. The molecule has 0 atom stereocenters. The van der Waals surface area contributed by atoms with Crippen LogP contribution >= 0.6 is 0 Å². The zero-order valence-electron chi connectivity index (χ0n) is 9.31. The fourth-order valence-electron chi connectivity index (χ4n) is 1.08. The van der Waals surface area contributed by atoms with E-state index in [0.717, 1.165) is 12.1 Å². The topological polar surface area (TPSA) is 30.5 Å². The molecule has 3 nitrogen and oxygen atoms in total. The van der Waals surface area contributed by atoms with E-state index in [0.29, 0.717) is 5.56 Å². The van der Waals surface area contributed by atoms with Crippen LogP contribution in [0.3, 0.4) is 0 Å². The van der Waals surface area contributed by atoms with E-state index in [2.05, 4.69) is 9.57 Å². The van der Waals surface area contributed by atoms with Crippen LogP contribution in [-0.2, 0) is 11.4 Å². The van der Waals surface area contributed by atoms with Crippen molar-refractivity contribution in [2.24, 2.45) is 0 Å². The average molecular weight is 289 g/mol. The lowest BCUT2D eigenvalue weighted by Crippen LogP contribution is -2.24. The lowest BCUT2D eigenvalue weighted by molar-refractivity contribution is -0.274. The van der Waals surface area contributed by atoms with Crippen LogP contribution in [0.1, 0.15) is 5.56 Å². The number of nitrogens with one attached hydrogen (secondary N) is 1. The zero-order chi connectivity index (χ0) is 14.5. The molecule has 0 bridgehead atoms. The van der Waals surface area contributed by atoms with Crippen LogP contribution in [0, 0.1) is 0 Å². The Morgan fingerprint density at radius 3 is 2.00 bits per heavy atom. The Hall–Kier alpha value is -1.48. The quantitative estimate of drug-likeness (QED) is 0.513. The standard InChI is InChI=1S/C10H9F6NO2/c11-9(12,13)6-18-17-5-7-1-3-8(4-2-7)19-10(14,15)16/h1-4,17H,5-6H2. The molecule has 0 aliphatic carbocycles. The molecule has 9 heteroatoms. The maximum absolute atomic E-state index is 11.8. The highest BCUT2D eigenvalue weighted by Crippen LogP contribution is 2.22. The van der Waals surface area contributed by atoms with Crippen LogP contribution in [0.25, 0.3) is 0 Å². The van der Waals surface area contributed by atoms with Crippen molar-refractivity contribution in [3.8, 4) is 5.75 Å². The molecule has 0 aliphatic rings. The van der Waals surface area contributed by atoms with Gasteiger partial charge < -0.3 is 4.74 Å². The van der Waals surface area contributed by atoms with Gasteiger partial charge in [0.05, 0.1) is 0 Å². The predicted molar refractivity (Wildman–Crippen MR) is 52.0 cm³/mol. The Balaban J connectivity index is 2.36. The highest BCUT2D eigenvalue weighted by Gasteiger charge is 2.31. The fourth-order valence-corrected chi connectivity index (χ4v) is 1.08. The molecule has 1 rings (SSSR count). The molecule has 1 aromatic rings. The van der Waals surface area contributed by atoms with Crippen LogP contribution < -0.4 is 10.2 Å². The summed E-state index contributed by atoms with van der Waals surface area (Å²) in [5.74, 6) is -0.410. The molecule has 0 aromatic heterocycles. The lowest BCUT2D eigenvalue weighted by atomic mass is 10.2. The van der Waals surface area contributed by atoms with Crippen molar-refractivity contribution in [2.45, 2.75) is 19.1 Å². The summed E-state index contributed by atoms with van der Waals surface area (Å²) >= 11 is 0. The molecule has 0 fully saturated rings. The zero-order valence-corrected chi connectivity index (χ0v) is 9.31. The molecule has 19 heavy (non-hydrogen) atoms. The Morgan fingerprint density at radius 1 is 0.947 bits per heavy atom. The van der Waals surface area contributed by atoms with Gasteiger partial charge in [-0.2, -0.15) is 18.7 Å². The normalized spacial score (nSPS) is 12.5. The summed E-state index contributed by atoms with van der Waals surface area (Å²) in [5.41, 5.74) is 2.48. The van der Waals surface area contributed by atoms with Crippen LogP contribution in [0.5, 0.6) is 5.75 Å². The SMILES string of the molecule is FC(F)(F)CONCc1ccc(OC(F)(F)F)cc1. The van der Waals surface area contributed by atoms with Gasteiger partial charge in [-0.3, -0.25) is 4.84 Å². The van der Waals surface area contributed by atoms with Crippen molar-refractivity contribution in [3.63, 3.8) is 0 Å². The van der Waals surface area contributed by atoms with E-state index in [-0.39, 0.29) is 6.54 Å². The summed E-state index contributed by atoms with van der Waals surface area (Å²) in [5, 5.41) is 0. The van der Waals surface area contributed by atoms with Gasteiger partial charge in [-0.05, 0) is 17.7 Å². The van der Waals surface area contributed by atoms with Gasteiger partial charge in [-0.1, -0.05) is 12.1 Å². The number of benzene rings is 1. The first-order chi connectivity index (χ1) is 8.66. The number of hydrogen-bond donors (Lipinski definition) is 1. The molecule has 0 saturated heterocycles. The monoisotopic (exact) mass is 289 g/mol. The smallest absolute Gasteiger partial charge is 0.406 e. The van der Waals surface area contributed by atoms with Gasteiger partial charge in [0, 0.05) is 6.54 Å². The van der Waals surface area contributed by atoms with E-state index in [1.54, 1.807) is 0 Å². The van der Waals surface area contributed by atoms with E-state index in [9.17, 15) is 26.3 Å². The molecule has 108 valence electrons. The molecule has 0 aliphatic heterocycles. The van der Waals surface area contributed by atoms with Gasteiger partial charge in [0.2, 0.25) is 0 Å². The van der Waals surface area contributed by atoms with Gasteiger partial charge in [-0.25, -0.2) is 0 Å². The van der Waals surface area contributed by atoms with Crippen molar-refractivity contribution >= 4 is 0 Å². The number of halogens is 6. The van der Waals surface area contributed by atoms with Crippen LogP contribution in [0.4, 0.5) is 26.3 Å². The maximum Gasteiger partial charge on any atom is 0.573 e. The van der Waals surface area contributed by atoms with Gasteiger partial charge in [-0.15, -0.1) is 13.2 Å². The first-order valence-electron chi connectivity index (χ1n) is 4.92. The van der Waals surface area contributed by atoms with Crippen LogP contribution in [-0.4, -0.2) is 19.1 Å². The molecule has 1 aromatic carbocycles. The van der Waals surface area contributed by atoms with Crippen LogP contribution in [0.15, 0.2) is 24.3 Å². The number of rotatable bonds is 5. The Kier molecular flexibility index (Phi) is 5.01. The highest BCUT2D eigenvalue weighted by atomic mass is 19.4. The number of hydroxylamine groups is 1. The second kappa shape index (κ2) is 6.11. The molecular formula is C10H9F6NO2. The molecular weight excluding hydrogens is 280 g/mol. The predicted octanol–water partition coefficient (Wildman–Crippen LogP) is 3.17. The summed E-state index contributed by atoms with van der Waals surface area (Å²) in [6.45, 7) is -1.54. The summed E-state index contributed by atoms with van der Waals surface area (Å²) in [7, 11) is 0. The first-order valence-corrected chi connectivity index (χ1v) is 4.92. The average Bonchev–Trinajstić information content (AvgIpc) is 2.23. The Morgan fingerprint density at radius 2 is 1.53 bits per heavy atom. The third kappa shape index (κ3) is 7.52. The third-order valence-corrected chi connectivity index (χ3v) is 1.77. The minimum atomic E-state index is -4.78. The van der Waals surface area contributed by atoms with Gasteiger partial charge in [0.15, 0.2) is 6.61 Å². The van der Waals surface area contributed by atoms with Gasteiger partial charge in [0.25, 0.3) is 0 Å². The lowest BCUT2D eigenvalue weighted by Gasteiger charge is -2.10. The summed E-state index contributed by atoms with van der Waals surface area (Å²) < 4.78 is 74.3. The molecule has 0 amide bonds. The fraction of sp³-hybridized carbons (Fsp3) is 0.400. The van der Waals surface area contributed by atoms with Crippen molar-refractivity contribution in [1.82, 2.24) is 5.48 Å². The van der Waals surface area contributed by atoms with E-state index < -0.39 is 24.9 Å². The highest BCUT2D eigenvalue weighted by molar-refractivity contribution is 5.27. The van der Waals surface area contributed by atoms with Crippen molar-refractivity contribution < 1.29 is 35.9 Å². The summed E-state index contributed by atoms with van der Waals surface area (Å²) in [4.78, 5) is 4.13. The first kappa shape index (κ1) is 15.6. The molecule has 0 spiro atoms. The molecule has 0 unspecified atom stereocenters. The van der Waals surface area contributed by atoms with E-state index in [1.165, 1.54) is 12.1 Å². The Labute approximate surface area is 104 Å².